The highest BCUT2D eigenvalue weighted by Gasteiger charge is 2.21. The van der Waals surface area contributed by atoms with Gasteiger partial charge in [0, 0.05) is 37.3 Å². The van der Waals surface area contributed by atoms with Crippen LogP contribution in [0, 0.1) is 0 Å². The number of hydrogen-bond acceptors (Lipinski definition) is 5. The first kappa shape index (κ1) is 15.6. The van der Waals surface area contributed by atoms with Crippen molar-refractivity contribution in [2.24, 2.45) is 0 Å². The lowest BCUT2D eigenvalue weighted by molar-refractivity contribution is 0.393. The van der Waals surface area contributed by atoms with Crippen LogP contribution in [0.5, 0.6) is 11.5 Å². The van der Waals surface area contributed by atoms with Crippen molar-refractivity contribution in [1.82, 2.24) is 9.97 Å². The number of anilines is 1. The zero-order valence-electron chi connectivity index (χ0n) is 14.0. The molecular formula is C18H23N3O2. The number of benzene rings is 1. The Hall–Kier alpha value is -2.30. The molecule has 0 N–H and O–H groups in total. The smallest absolute Gasteiger partial charge is 0.132 e. The van der Waals surface area contributed by atoms with Crippen molar-refractivity contribution < 1.29 is 9.47 Å². The van der Waals surface area contributed by atoms with Crippen molar-refractivity contribution in [3.8, 4) is 11.5 Å². The van der Waals surface area contributed by atoms with Gasteiger partial charge in [0.15, 0.2) is 0 Å². The van der Waals surface area contributed by atoms with Crippen LogP contribution in [0.15, 0.2) is 30.6 Å². The van der Waals surface area contributed by atoms with Crippen LogP contribution < -0.4 is 14.4 Å². The number of aromatic nitrogens is 2. The van der Waals surface area contributed by atoms with Gasteiger partial charge in [-0.3, -0.25) is 0 Å². The van der Waals surface area contributed by atoms with Gasteiger partial charge in [0.05, 0.1) is 14.2 Å². The van der Waals surface area contributed by atoms with E-state index in [2.05, 4.69) is 20.9 Å². The molecule has 0 aliphatic heterocycles. The summed E-state index contributed by atoms with van der Waals surface area (Å²) in [6.45, 7) is 0.731. The van der Waals surface area contributed by atoms with Crippen LogP contribution in [0.2, 0.25) is 0 Å². The molecule has 1 fully saturated rings. The highest BCUT2D eigenvalue weighted by Crippen LogP contribution is 2.36. The Labute approximate surface area is 137 Å². The lowest BCUT2D eigenvalue weighted by atomic mass is 9.83. The molecule has 1 saturated carbocycles. The Morgan fingerprint density at radius 2 is 1.74 bits per heavy atom. The maximum absolute atomic E-state index is 5.33. The van der Waals surface area contributed by atoms with E-state index in [-0.39, 0.29) is 0 Å². The Morgan fingerprint density at radius 1 is 1.04 bits per heavy atom. The first-order chi connectivity index (χ1) is 11.2. The predicted molar refractivity (Wildman–Crippen MR) is 90.3 cm³/mol. The van der Waals surface area contributed by atoms with E-state index in [0.29, 0.717) is 5.92 Å². The molecule has 1 heterocycles. The third-order valence-corrected chi connectivity index (χ3v) is 4.42. The minimum absolute atomic E-state index is 0.613. The van der Waals surface area contributed by atoms with E-state index in [1.54, 1.807) is 20.5 Å². The number of nitrogens with zero attached hydrogens (tertiary/aromatic N) is 3. The molecule has 0 spiro atoms. The summed E-state index contributed by atoms with van der Waals surface area (Å²) in [7, 11) is 5.37. The first-order valence-corrected chi connectivity index (χ1v) is 7.94. The van der Waals surface area contributed by atoms with Gasteiger partial charge in [-0.15, -0.1) is 0 Å². The summed E-state index contributed by atoms with van der Waals surface area (Å²) < 4.78 is 10.7. The zero-order chi connectivity index (χ0) is 16.2. The monoisotopic (exact) mass is 313 g/mol. The summed E-state index contributed by atoms with van der Waals surface area (Å²) >= 11 is 0. The van der Waals surface area contributed by atoms with Crippen LogP contribution in [0.3, 0.4) is 0 Å². The fourth-order valence-corrected chi connectivity index (χ4v) is 2.81. The van der Waals surface area contributed by atoms with Crippen molar-refractivity contribution in [3.05, 3.63) is 41.9 Å². The topological polar surface area (TPSA) is 47.5 Å². The van der Waals surface area contributed by atoms with Gasteiger partial charge in [0.25, 0.3) is 0 Å². The van der Waals surface area contributed by atoms with Crippen LogP contribution in [-0.4, -0.2) is 31.2 Å². The van der Waals surface area contributed by atoms with Gasteiger partial charge in [-0.1, -0.05) is 6.42 Å². The van der Waals surface area contributed by atoms with E-state index in [4.69, 9.17) is 9.47 Å². The van der Waals surface area contributed by atoms with E-state index < -0.39 is 0 Å². The third kappa shape index (κ3) is 3.55. The summed E-state index contributed by atoms with van der Waals surface area (Å²) in [4.78, 5) is 11.0. The Kier molecular flexibility index (Phi) is 4.65. The van der Waals surface area contributed by atoms with Gasteiger partial charge < -0.3 is 14.4 Å². The lowest BCUT2D eigenvalue weighted by Crippen LogP contribution is -2.19. The molecule has 0 amide bonds. The quantitative estimate of drug-likeness (QED) is 0.818. The van der Waals surface area contributed by atoms with Crippen molar-refractivity contribution >= 4 is 5.82 Å². The van der Waals surface area contributed by atoms with Crippen LogP contribution in [0.25, 0.3) is 0 Å². The van der Waals surface area contributed by atoms with Gasteiger partial charge in [-0.25, -0.2) is 9.97 Å². The molecule has 0 saturated heterocycles. The molecule has 1 aromatic carbocycles. The van der Waals surface area contributed by atoms with Crippen LogP contribution in [-0.2, 0) is 6.54 Å². The number of methoxy groups -OCH3 is 2. The van der Waals surface area contributed by atoms with Crippen molar-refractivity contribution in [3.63, 3.8) is 0 Å². The molecular weight excluding hydrogens is 290 g/mol. The normalized spacial score (nSPS) is 14.2. The summed E-state index contributed by atoms with van der Waals surface area (Å²) in [6, 6.07) is 8.03. The third-order valence-electron chi connectivity index (χ3n) is 4.42. The van der Waals surface area contributed by atoms with Crippen molar-refractivity contribution in [2.75, 3.05) is 26.2 Å². The first-order valence-electron chi connectivity index (χ1n) is 7.94. The molecule has 5 heteroatoms. The molecule has 0 bridgehead atoms. The van der Waals surface area contributed by atoms with Crippen LogP contribution >= 0.6 is 0 Å². The second-order valence-electron chi connectivity index (χ2n) is 6.01. The lowest BCUT2D eigenvalue weighted by Gasteiger charge is -2.26. The van der Waals surface area contributed by atoms with E-state index >= 15 is 0 Å². The van der Waals surface area contributed by atoms with Gasteiger partial charge >= 0.3 is 0 Å². The second-order valence-corrected chi connectivity index (χ2v) is 6.01. The molecule has 0 atom stereocenters. The highest BCUT2D eigenvalue weighted by molar-refractivity contribution is 5.43. The molecule has 1 aliphatic carbocycles. The second kappa shape index (κ2) is 6.86. The molecule has 1 aromatic heterocycles. The van der Waals surface area contributed by atoms with E-state index in [1.807, 2.05) is 25.2 Å². The highest BCUT2D eigenvalue weighted by atomic mass is 16.5. The summed E-state index contributed by atoms with van der Waals surface area (Å²) in [5, 5.41) is 0. The SMILES string of the molecule is COc1cc(CN(C)c2cc(C3CCC3)ncn2)cc(OC)c1. The zero-order valence-corrected chi connectivity index (χ0v) is 14.0. The number of rotatable bonds is 6. The average Bonchev–Trinajstić information content (AvgIpc) is 2.53. The summed E-state index contributed by atoms with van der Waals surface area (Å²) in [5.74, 6) is 3.15. The van der Waals surface area contributed by atoms with E-state index in [0.717, 1.165) is 35.1 Å². The summed E-state index contributed by atoms with van der Waals surface area (Å²) in [5.41, 5.74) is 2.28. The Bertz CT molecular complexity index is 649. The van der Waals surface area contributed by atoms with Gasteiger partial charge in [-0.2, -0.15) is 0 Å². The fourth-order valence-electron chi connectivity index (χ4n) is 2.81. The molecule has 122 valence electrons. The molecule has 2 aromatic rings. The van der Waals surface area contributed by atoms with E-state index in [9.17, 15) is 0 Å². The van der Waals surface area contributed by atoms with Crippen LogP contribution in [0.4, 0.5) is 5.82 Å². The largest absolute Gasteiger partial charge is 0.497 e. The molecule has 23 heavy (non-hydrogen) atoms. The van der Waals surface area contributed by atoms with Crippen molar-refractivity contribution in [2.45, 2.75) is 31.7 Å². The standard InChI is InChI=1S/C18H23N3O2/c1-21(11-13-7-15(22-2)9-16(8-13)23-3)18-10-17(19-12-20-18)14-5-4-6-14/h7-10,12,14H,4-6,11H2,1-3H3. The minimum atomic E-state index is 0.613. The maximum atomic E-state index is 5.33. The predicted octanol–water partition coefficient (Wildman–Crippen LogP) is 3.40. The molecule has 3 rings (SSSR count). The molecule has 0 unspecified atom stereocenters. The van der Waals surface area contributed by atoms with Crippen LogP contribution in [0.1, 0.15) is 36.4 Å². The Balaban J connectivity index is 1.77. The number of ether oxygens (including phenoxy) is 2. The van der Waals surface area contributed by atoms with Gasteiger partial charge in [-0.05, 0) is 30.5 Å². The van der Waals surface area contributed by atoms with Crippen molar-refractivity contribution in [1.29, 1.82) is 0 Å². The van der Waals surface area contributed by atoms with E-state index in [1.165, 1.54) is 19.3 Å². The molecule has 5 nitrogen and oxygen atoms in total. The maximum Gasteiger partial charge on any atom is 0.132 e. The number of hydrogen-bond donors (Lipinski definition) is 0. The average molecular weight is 313 g/mol. The minimum Gasteiger partial charge on any atom is -0.497 e. The molecule has 0 radical (unpaired) electrons. The van der Waals surface area contributed by atoms with Gasteiger partial charge in [0.1, 0.15) is 23.6 Å². The molecule has 1 aliphatic rings. The fraction of sp³-hybridized carbons (Fsp3) is 0.444. The van der Waals surface area contributed by atoms with Gasteiger partial charge in [0.2, 0.25) is 0 Å². The Morgan fingerprint density at radius 3 is 2.30 bits per heavy atom. The summed E-state index contributed by atoms with van der Waals surface area (Å²) in [6.07, 6.45) is 5.47.